The number of carbonyl (C=O) groups excluding carboxylic acids is 1. The molecule has 2 unspecified atom stereocenters. The normalized spacial score (nSPS) is 22.7. The first-order valence-corrected chi connectivity index (χ1v) is 7.22. The SMILES string of the molecule is CC1CN(C(=O)COc2ccc(Cl)c(Cl)c2)CC(C)O1. The molecule has 0 radical (unpaired) electrons. The van der Waals surface area contributed by atoms with E-state index in [0.717, 1.165) is 0 Å². The van der Waals surface area contributed by atoms with Crippen molar-refractivity contribution in [3.63, 3.8) is 0 Å². The van der Waals surface area contributed by atoms with Crippen LogP contribution in [0.3, 0.4) is 0 Å². The van der Waals surface area contributed by atoms with Crippen LogP contribution in [0.2, 0.25) is 10.0 Å². The van der Waals surface area contributed by atoms with Crippen molar-refractivity contribution in [1.29, 1.82) is 0 Å². The molecule has 1 saturated heterocycles. The van der Waals surface area contributed by atoms with Gasteiger partial charge in [0.25, 0.3) is 5.91 Å². The predicted molar refractivity (Wildman–Crippen MR) is 78.5 cm³/mol. The summed E-state index contributed by atoms with van der Waals surface area (Å²) >= 11 is 11.7. The first kappa shape index (κ1) is 15.4. The number of hydrogen-bond donors (Lipinski definition) is 0. The molecule has 0 aromatic heterocycles. The molecule has 1 amide bonds. The third-order valence-electron chi connectivity index (χ3n) is 3.03. The van der Waals surface area contributed by atoms with E-state index < -0.39 is 0 Å². The average Bonchev–Trinajstić information content (AvgIpc) is 2.38. The highest BCUT2D eigenvalue weighted by atomic mass is 35.5. The molecule has 2 rings (SSSR count). The fourth-order valence-corrected chi connectivity index (χ4v) is 2.47. The summed E-state index contributed by atoms with van der Waals surface area (Å²) in [6.07, 6.45) is 0.0975. The van der Waals surface area contributed by atoms with Gasteiger partial charge in [0.1, 0.15) is 5.75 Å². The largest absolute Gasteiger partial charge is 0.484 e. The smallest absolute Gasteiger partial charge is 0.260 e. The fraction of sp³-hybridized carbons (Fsp3) is 0.500. The van der Waals surface area contributed by atoms with Crippen LogP contribution < -0.4 is 4.74 Å². The van der Waals surface area contributed by atoms with E-state index in [1.165, 1.54) is 0 Å². The van der Waals surface area contributed by atoms with Crippen LogP contribution >= 0.6 is 23.2 Å². The maximum atomic E-state index is 12.1. The van der Waals surface area contributed by atoms with Gasteiger partial charge >= 0.3 is 0 Å². The van der Waals surface area contributed by atoms with Gasteiger partial charge in [0, 0.05) is 19.2 Å². The first-order chi connectivity index (χ1) is 9.45. The molecule has 0 saturated carbocycles. The highest BCUT2D eigenvalue weighted by molar-refractivity contribution is 6.42. The number of ether oxygens (including phenoxy) is 2. The maximum Gasteiger partial charge on any atom is 0.260 e. The summed E-state index contributed by atoms with van der Waals surface area (Å²) in [4.78, 5) is 13.9. The van der Waals surface area contributed by atoms with Gasteiger partial charge in [-0.1, -0.05) is 23.2 Å². The van der Waals surface area contributed by atoms with Gasteiger partial charge in [-0.2, -0.15) is 0 Å². The van der Waals surface area contributed by atoms with Crippen LogP contribution in [0, 0.1) is 0 Å². The standard InChI is InChI=1S/C14H17Cl2NO3/c1-9-6-17(7-10(2)20-9)14(18)8-19-11-3-4-12(15)13(16)5-11/h3-5,9-10H,6-8H2,1-2H3. The number of morpholine rings is 1. The van der Waals surface area contributed by atoms with Crippen molar-refractivity contribution in [2.24, 2.45) is 0 Å². The Kier molecular flexibility index (Phi) is 5.13. The lowest BCUT2D eigenvalue weighted by atomic mass is 10.2. The molecule has 2 atom stereocenters. The van der Waals surface area contributed by atoms with E-state index in [2.05, 4.69) is 0 Å². The number of amides is 1. The van der Waals surface area contributed by atoms with Crippen molar-refractivity contribution in [2.75, 3.05) is 19.7 Å². The Morgan fingerprint density at radius 3 is 2.55 bits per heavy atom. The van der Waals surface area contributed by atoms with Crippen LogP contribution in [0.15, 0.2) is 18.2 Å². The molecule has 1 aromatic rings. The number of benzene rings is 1. The number of hydrogen-bond acceptors (Lipinski definition) is 3. The monoisotopic (exact) mass is 317 g/mol. The van der Waals surface area contributed by atoms with Crippen LogP contribution in [0.4, 0.5) is 0 Å². The lowest BCUT2D eigenvalue weighted by Crippen LogP contribution is -2.49. The number of rotatable bonds is 3. The molecule has 4 nitrogen and oxygen atoms in total. The third kappa shape index (κ3) is 4.01. The van der Waals surface area contributed by atoms with E-state index in [1.807, 2.05) is 13.8 Å². The zero-order chi connectivity index (χ0) is 14.7. The third-order valence-corrected chi connectivity index (χ3v) is 3.76. The van der Waals surface area contributed by atoms with Crippen molar-refractivity contribution >= 4 is 29.1 Å². The second-order valence-electron chi connectivity index (χ2n) is 4.92. The molecule has 1 fully saturated rings. The van der Waals surface area contributed by atoms with Crippen LogP contribution in [0.1, 0.15) is 13.8 Å². The van der Waals surface area contributed by atoms with Crippen molar-refractivity contribution in [3.05, 3.63) is 28.2 Å². The zero-order valence-corrected chi connectivity index (χ0v) is 12.9. The van der Waals surface area contributed by atoms with Gasteiger partial charge in [-0.3, -0.25) is 4.79 Å². The topological polar surface area (TPSA) is 38.8 Å². The van der Waals surface area contributed by atoms with E-state index >= 15 is 0 Å². The van der Waals surface area contributed by atoms with Crippen LogP contribution in [-0.4, -0.2) is 42.7 Å². The molecular weight excluding hydrogens is 301 g/mol. The first-order valence-electron chi connectivity index (χ1n) is 6.47. The van der Waals surface area contributed by atoms with Gasteiger partial charge < -0.3 is 14.4 Å². The number of halogens is 2. The van der Waals surface area contributed by atoms with E-state index in [4.69, 9.17) is 32.7 Å². The zero-order valence-electron chi connectivity index (χ0n) is 11.4. The van der Waals surface area contributed by atoms with Crippen molar-refractivity contribution in [1.82, 2.24) is 4.90 Å². The Labute approximate surface area is 128 Å². The van der Waals surface area contributed by atoms with E-state index in [1.54, 1.807) is 23.1 Å². The quantitative estimate of drug-likeness (QED) is 0.860. The number of carbonyl (C=O) groups is 1. The summed E-state index contributed by atoms with van der Waals surface area (Å²) < 4.78 is 11.0. The Hall–Kier alpha value is -0.970. The summed E-state index contributed by atoms with van der Waals surface area (Å²) in [5, 5.41) is 0.867. The predicted octanol–water partition coefficient (Wildman–Crippen LogP) is 3.01. The summed E-state index contributed by atoms with van der Waals surface area (Å²) in [5.74, 6) is 0.472. The molecule has 0 bridgehead atoms. The van der Waals surface area contributed by atoms with Gasteiger partial charge in [0.2, 0.25) is 0 Å². The lowest BCUT2D eigenvalue weighted by molar-refractivity contribution is -0.145. The van der Waals surface area contributed by atoms with Gasteiger partial charge in [-0.05, 0) is 26.0 Å². The second-order valence-corrected chi connectivity index (χ2v) is 5.74. The van der Waals surface area contributed by atoms with Gasteiger partial charge in [0.15, 0.2) is 6.61 Å². The van der Waals surface area contributed by atoms with Gasteiger partial charge in [-0.25, -0.2) is 0 Å². The molecule has 0 spiro atoms. The van der Waals surface area contributed by atoms with Crippen LogP contribution in [0.25, 0.3) is 0 Å². The summed E-state index contributed by atoms with van der Waals surface area (Å²) in [7, 11) is 0. The van der Waals surface area contributed by atoms with Gasteiger partial charge in [-0.15, -0.1) is 0 Å². The minimum Gasteiger partial charge on any atom is -0.484 e. The Balaban J connectivity index is 1.89. The van der Waals surface area contributed by atoms with E-state index in [9.17, 15) is 4.79 Å². The minimum atomic E-state index is -0.0573. The number of nitrogens with zero attached hydrogens (tertiary/aromatic N) is 1. The molecular formula is C14H17Cl2NO3. The average molecular weight is 318 g/mol. The molecule has 1 aliphatic rings. The van der Waals surface area contributed by atoms with Crippen LogP contribution in [-0.2, 0) is 9.53 Å². The lowest BCUT2D eigenvalue weighted by Gasteiger charge is -2.35. The maximum absolute atomic E-state index is 12.1. The molecule has 20 heavy (non-hydrogen) atoms. The summed E-state index contributed by atoms with van der Waals surface area (Å²) in [6, 6.07) is 4.93. The highest BCUT2D eigenvalue weighted by Crippen LogP contribution is 2.26. The van der Waals surface area contributed by atoms with Crippen molar-refractivity contribution < 1.29 is 14.3 Å². The van der Waals surface area contributed by atoms with Crippen molar-refractivity contribution in [2.45, 2.75) is 26.1 Å². The van der Waals surface area contributed by atoms with E-state index in [-0.39, 0.29) is 24.7 Å². The van der Waals surface area contributed by atoms with Crippen LogP contribution in [0.5, 0.6) is 5.75 Å². The Morgan fingerprint density at radius 1 is 1.30 bits per heavy atom. The van der Waals surface area contributed by atoms with E-state index in [0.29, 0.717) is 28.9 Å². The molecule has 1 heterocycles. The molecule has 0 N–H and O–H groups in total. The summed E-state index contributed by atoms with van der Waals surface area (Å²) in [5.41, 5.74) is 0. The molecule has 1 aliphatic heterocycles. The Bertz CT molecular complexity index is 485. The minimum absolute atomic E-state index is 0.0165. The highest BCUT2D eigenvalue weighted by Gasteiger charge is 2.25. The summed E-state index contributed by atoms with van der Waals surface area (Å²) in [6.45, 7) is 5.07. The van der Waals surface area contributed by atoms with Crippen molar-refractivity contribution in [3.8, 4) is 5.75 Å². The molecule has 1 aromatic carbocycles. The van der Waals surface area contributed by atoms with Gasteiger partial charge in [0.05, 0.1) is 22.3 Å². The Morgan fingerprint density at radius 2 is 1.95 bits per heavy atom. The fourth-order valence-electron chi connectivity index (χ4n) is 2.18. The molecule has 110 valence electrons. The molecule has 6 heteroatoms. The second kappa shape index (κ2) is 6.66. The molecule has 0 aliphatic carbocycles.